The van der Waals surface area contributed by atoms with Gasteiger partial charge in [0.15, 0.2) is 0 Å². The standard InChI is InChI=1S/C22H24O2/c1-3-6-21-20-12-10-18(24)14-16(20)7-5-8-22(21)19-11-9-17(23)13-15(19)4-2/h4,9-14,23-24H,2-3,5-8H2,1H3. The van der Waals surface area contributed by atoms with Crippen molar-refractivity contribution in [1.29, 1.82) is 0 Å². The van der Waals surface area contributed by atoms with Crippen LogP contribution >= 0.6 is 0 Å². The van der Waals surface area contributed by atoms with E-state index < -0.39 is 0 Å². The van der Waals surface area contributed by atoms with Crippen LogP contribution in [0.1, 0.15) is 54.9 Å². The summed E-state index contributed by atoms with van der Waals surface area (Å²) in [5.41, 5.74) is 7.32. The van der Waals surface area contributed by atoms with Crippen molar-refractivity contribution in [3.63, 3.8) is 0 Å². The molecule has 2 heteroatoms. The maximum Gasteiger partial charge on any atom is 0.116 e. The fourth-order valence-corrected chi connectivity index (χ4v) is 3.68. The molecule has 2 aromatic rings. The Morgan fingerprint density at radius 2 is 1.71 bits per heavy atom. The van der Waals surface area contributed by atoms with Gasteiger partial charge in [0, 0.05) is 0 Å². The fraction of sp³-hybridized carbons (Fsp3) is 0.273. The lowest BCUT2D eigenvalue weighted by atomic mass is 9.88. The molecule has 0 radical (unpaired) electrons. The van der Waals surface area contributed by atoms with Crippen molar-refractivity contribution in [3.05, 3.63) is 65.2 Å². The van der Waals surface area contributed by atoms with Gasteiger partial charge in [0.2, 0.25) is 0 Å². The van der Waals surface area contributed by atoms with Crippen LogP contribution in [0.15, 0.2) is 43.0 Å². The summed E-state index contributed by atoms with van der Waals surface area (Å²) in [5.74, 6) is 0.606. The summed E-state index contributed by atoms with van der Waals surface area (Å²) in [5, 5.41) is 19.6. The average molecular weight is 320 g/mol. The van der Waals surface area contributed by atoms with Crippen LogP contribution in [0.2, 0.25) is 0 Å². The number of benzene rings is 2. The van der Waals surface area contributed by atoms with E-state index in [1.165, 1.54) is 22.3 Å². The van der Waals surface area contributed by atoms with E-state index in [9.17, 15) is 10.2 Å². The van der Waals surface area contributed by atoms with Crippen LogP contribution in [-0.4, -0.2) is 10.2 Å². The first-order chi connectivity index (χ1) is 11.6. The number of aryl methyl sites for hydroxylation is 1. The molecule has 0 bridgehead atoms. The third-order valence-electron chi connectivity index (χ3n) is 4.73. The highest BCUT2D eigenvalue weighted by atomic mass is 16.3. The summed E-state index contributed by atoms with van der Waals surface area (Å²) in [6.45, 7) is 6.11. The van der Waals surface area contributed by atoms with Crippen molar-refractivity contribution in [2.75, 3.05) is 0 Å². The minimum atomic E-state index is 0.269. The predicted molar refractivity (Wildman–Crippen MR) is 101 cm³/mol. The highest BCUT2D eigenvalue weighted by molar-refractivity contribution is 5.94. The van der Waals surface area contributed by atoms with Gasteiger partial charge in [-0.1, -0.05) is 38.1 Å². The maximum absolute atomic E-state index is 9.83. The van der Waals surface area contributed by atoms with Crippen molar-refractivity contribution in [3.8, 4) is 11.5 Å². The lowest BCUT2D eigenvalue weighted by molar-refractivity contribution is 0.474. The summed E-state index contributed by atoms with van der Waals surface area (Å²) in [4.78, 5) is 0. The molecule has 0 aromatic heterocycles. The first-order valence-corrected chi connectivity index (χ1v) is 8.64. The Bertz CT molecular complexity index is 800. The Morgan fingerprint density at radius 3 is 2.42 bits per heavy atom. The topological polar surface area (TPSA) is 40.5 Å². The zero-order valence-corrected chi connectivity index (χ0v) is 14.2. The monoisotopic (exact) mass is 320 g/mol. The number of phenolic OH excluding ortho intramolecular Hbond substituents is 2. The van der Waals surface area contributed by atoms with Gasteiger partial charge in [-0.05, 0) is 83.3 Å². The van der Waals surface area contributed by atoms with E-state index in [0.29, 0.717) is 5.75 Å². The van der Waals surface area contributed by atoms with Crippen molar-refractivity contribution < 1.29 is 10.2 Å². The zero-order valence-electron chi connectivity index (χ0n) is 14.2. The second-order valence-corrected chi connectivity index (χ2v) is 6.38. The second kappa shape index (κ2) is 6.96. The molecule has 0 saturated carbocycles. The van der Waals surface area contributed by atoms with Crippen LogP contribution < -0.4 is 0 Å². The van der Waals surface area contributed by atoms with Crippen LogP contribution in [0.3, 0.4) is 0 Å². The molecule has 1 aliphatic rings. The predicted octanol–water partition coefficient (Wildman–Crippen LogP) is 5.79. The fourth-order valence-electron chi connectivity index (χ4n) is 3.68. The minimum absolute atomic E-state index is 0.269. The van der Waals surface area contributed by atoms with Gasteiger partial charge in [-0.25, -0.2) is 0 Å². The van der Waals surface area contributed by atoms with Gasteiger partial charge >= 0.3 is 0 Å². The molecule has 2 N–H and O–H groups in total. The van der Waals surface area contributed by atoms with Crippen molar-refractivity contribution >= 4 is 17.2 Å². The third kappa shape index (κ3) is 3.09. The number of fused-ring (bicyclic) bond motifs is 1. The van der Waals surface area contributed by atoms with Crippen LogP contribution in [0.4, 0.5) is 0 Å². The van der Waals surface area contributed by atoms with E-state index in [2.05, 4.69) is 19.6 Å². The third-order valence-corrected chi connectivity index (χ3v) is 4.73. The van der Waals surface area contributed by atoms with Crippen molar-refractivity contribution in [2.45, 2.75) is 39.0 Å². The molecule has 0 amide bonds. The van der Waals surface area contributed by atoms with Gasteiger partial charge in [-0.2, -0.15) is 0 Å². The number of aromatic hydroxyl groups is 2. The number of allylic oxidation sites excluding steroid dienone is 2. The molecule has 0 aliphatic heterocycles. The molecule has 3 rings (SSSR count). The smallest absolute Gasteiger partial charge is 0.116 e. The Hall–Kier alpha value is -2.48. The van der Waals surface area contributed by atoms with Gasteiger partial charge in [0.05, 0.1) is 0 Å². The van der Waals surface area contributed by atoms with Gasteiger partial charge in [0.1, 0.15) is 11.5 Å². The Morgan fingerprint density at radius 1 is 1.00 bits per heavy atom. The summed E-state index contributed by atoms with van der Waals surface area (Å²) >= 11 is 0. The lowest BCUT2D eigenvalue weighted by Crippen LogP contribution is -1.95. The Labute approximate surface area is 143 Å². The van der Waals surface area contributed by atoms with E-state index in [1.807, 2.05) is 18.2 Å². The quantitative estimate of drug-likeness (QED) is 0.748. The summed E-state index contributed by atoms with van der Waals surface area (Å²) in [6, 6.07) is 11.3. The van der Waals surface area contributed by atoms with E-state index >= 15 is 0 Å². The number of hydrogen-bond acceptors (Lipinski definition) is 2. The summed E-state index contributed by atoms with van der Waals surface area (Å²) in [7, 11) is 0. The Kier molecular flexibility index (Phi) is 4.75. The highest BCUT2D eigenvalue weighted by Gasteiger charge is 2.19. The normalized spacial score (nSPS) is 14.2. The number of phenols is 2. The molecule has 2 aromatic carbocycles. The largest absolute Gasteiger partial charge is 0.508 e. The second-order valence-electron chi connectivity index (χ2n) is 6.38. The zero-order chi connectivity index (χ0) is 17.1. The number of hydrogen-bond donors (Lipinski definition) is 2. The van der Waals surface area contributed by atoms with Gasteiger partial charge in [0.25, 0.3) is 0 Å². The highest BCUT2D eigenvalue weighted by Crippen LogP contribution is 2.40. The van der Waals surface area contributed by atoms with E-state index in [0.717, 1.165) is 43.2 Å². The van der Waals surface area contributed by atoms with Crippen LogP contribution in [0, 0.1) is 0 Å². The van der Waals surface area contributed by atoms with Gasteiger partial charge in [-0.3, -0.25) is 0 Å². The molecule has 0 heterocycles. The molecule has 0 spiro atoms. The van der Waals surface area contributed by atoms with Crippen molar-refractivity contribution in [2.24, 2.45) is 0 Å². The Balaban J connectivity index is 2.24. The summed E-state index contributed by atoms with van der Waals surface area (Å²) < 4.78 is 0. The van der Waals surface area contributed by atoms with E-state index in [1.54, 1.807) is 18.2 Å². The molecule has 124 valence electrons. The molecular formula is C22H24O2. The molecule has 0 atom stereocenters. The van der Waals surface area contributed by atoms with Gasteiger partial charge in [-0.15, -0.1) is 0 Å². The summed E-state index contributed by atoms with van der Waals surface area (Å²) in [6.07, 6.45) is 6.91. The van der Waals surface area contributed by atoms with Crippen LogP contribution in [0.25, 0.3) is 17.2 Å². The molecule has 2 nitrogen and oxygen atoms in total. The maximum atomic E-state index is 9.83. The number of rotatable bonds is 4. The van der Waals surface area contributed by atoms with Crippen LogP contribution in [0.5, 0.6) is 11.5 Å². The molecule has 0 unspecified atom stereocenters. The first-order valence-electron chi connectivity index (χ1n) is 8.64. The molecule has 24 heavy (non-hydrogen) atoms. The van der Waals surface area contributed by atoms with Gasteiger partial charge < -0.3 is 10.2 Å². The molecule has 1 aliphatic carbocycles. The van der Waals surface area contributed by atoms with E-state index in [-0.39, 0.29) is 5.75 Å². The molecule has 0 fully saturated rings. The lowest BCUT2D eigenvalue weighted by Gasteiger charge is -2.17. The SMILES string of the molecule is C=Cc1cc(O)ccc1C1=C(CCC)c2ccc(O)cc2CCC1. The average Bonchev–Trinajstić information content (AvgIpc) is 2.74. The minimum Gasteiger partial charge on any atom is -0.508 e. The van der Waals surface area contributed by atoms with Crippen LogP contribution in [-0.2, 0) is 6.42 Å². The first kappa shape index (κ1) is 16.4. The van der Waals surface area contributed by atoms with E-state index in [4.69, 9.17) is 0 Å². The molecular weight excluding hydrogens is 296 g/mol. The molecule has 0 saturated heterocycles. The van der Waals surface area contributed by atoms with Crippen molar-refractivity contribution in [1.82, 2.24) is 0 Å².